The molecular weight excluding hydrogens is 338 g/mol. The van der Waals surface area contributed by atoms with Gasteiger partial charge in [-0.1, -0.05) is 41.9 Å². The van der Waals surface area contributed by atoms with E-state index in [1.807, 2.05) is 36.5 Å². The summed E-state index contributed by atoms with van der Waals surface area (Å²) in [6, 6.07) is 14.6. The summed E-state index contributed by atoms with van der Waals surface area (Å²) in [5, 5.41) is 3.00. The van der Waals surface area contributed by atoms with E-state index in [1.165, 1.54) is 12.3 Å². The quantitative estimate of drug-likeness (QED) is 0.572. The Balaban J connectivity index is 1.62. The molecule has 0 bridgehead atoms. The van der Waals surface area contributed by atoms with Crippen molar-refractivity contribution in [1.82, 2.24) is 19.4 Å². The van der Waals surface area contributed by atoms with Gasteiger partial charge in [-0.05, 0) is 18.2 Å². The summed E-state index contributed by atoms with van der Waals surface area (Å²) in [5.74, 6) is 0.607. The number of hydrogen-bond acceptors (Lipinski definition) is 4. The molecule has 0 aliphatic rings. The van der Waals surface area contributed by atoms with Crippen molar-refractivity contribution < 1.29 is 4.79 Å². The van der Waals surface area contributed by atoms with Crippen LogP contribution in [-0.2, 0) is 0 Å². The lowest BCUT2D eigenvalue weighted by Gasteiger charge is -2.04. The van der Waals surface area contributed by atoms with Crippen molar-refractivity contribution in [1.29, 1.82) is 0 Å². The molecule has 25 heavy (non-hydrogen) atoms. The number of anilines is 1. The molecule has 0 aliphatic carbocycles. The van der Waals surface area contributed by atoms with Crippen LogP contribution in [0.2, 0.25) is 5.15 Å². The van der Waals surface area contributed by atoms with E-state index in [0.717, 1.165) is 11.3 Å². The number of aromatic nitrogens is 4. The Kier molecular flexibility index (Phi) is 3.87. The molecule has 4 rings (SSSR count). The van der Waals surface area contributed by atoms with Crippen molar-refractivity contribution in [3.8, 4) is 11.3 Å². The first-order valence-electron chi connectivity index (χ1n) is 7.53. The van der Waals surface area contributed by atoms with Crippen LogP contribution < -0.4 is 5.32 Å². The number of nitrogens with zero attached hydrogens (tertiary/aromatic N) is 4. The number of rotatable bonds is 3. The van der Waals surface area contributed by atoms with Gasteiger partial charge < -0.3 is 5.32 Å². The topological polar surface area (TPSA) is 72.2 Å². The number of halogens is 1. The average Bonchev–Trinajstić information content (AvgIpc) is 3.06. The third-order valence-electron chi connectivity index (χ3n) is 3.63. The van der Waals surface area contributed by atoms with Crippen LogP contribution >= 0.6 is 11.6 Å². The lowest BCUT2D eigenvalue weighted by molar-refractivity contribution is 0.102. The fourth-order valence-corrected chi connectivity index (χ4v) is 2.60. The first-order chi connectivity index (χ1) is 12.2. The predicted octanol–water partition coefficient (Wildman–Crippen LogP) is 3.70. The first-order valence-corrected chi connectivity index (χ1v) is 7.91. The maximum absolute atomic E-state index is 12.3. The van der Waals surface area contributed by atoms with E-state index in [1.54, 1.807) is 22.7 Å². The Morgan fingerprint density at radius 1 is 1.08 bits per heavy atom. The third kappa shape index (κ3) is 3.20. The molecule has 0 saturated carbocycles. The van der Waals surface area contributed by atoms with Gasteiger partial charge >= 0.3 is 0 Å². The molecular formula is C18H12ClN5O. The number of hydrogen-bond donors (Lipinski definition) is 1. The molecule has 3 heterocycles. The van der Waals surface area contributed by atoms with Gasteiger partial charge in [0.15, 0.2) is 0 Å². The molecule has 0 radical (unpaired) electrons. The van der Waals surface area contributed by atoms with Crippen molar-refractivity contribution in [2.75, 3.05) is 5.32 Å². The maximum Gasteiger partial charge on any atom is 0.256 e. The largest absolute Gasteiger partial charge is 0.306 e. The highest BCUT2D eigenvalue weighted by Crippen LogP contribution is 2.19. The molecule has 122 valence electrons. The molecule has 6 nitrogen and oxygen atoms in total. The number of fused-ring (bicyclic) bond motifs is 1. The van der Waals surface area contributed by atoms with E-state index >= 15 is 0 Å². The Bertz CT molecular complexity index is 1060. The monoisotopic (exact) mass is 349 g/mol. The van der Waals surface area contributed by atoms with Gasteiger partial charge in [-0.15, -0.1) is 0 Å². The zero-order chi connectivity index (χ0) is 17.2. The molecule has 7 heteroatoms. The second kappa shape index (κ2) is 6.33. The number of pyridine rings is 1. The van der Waals surface area contributed by atoms with Crippen LogP contribution in [-0.4, -0.2) is 25.3 Å². The van der Waals surface area contributed by atoms with Crippen LogP contribution in [0.3, 0.4) is 0 Å². The van der Waals surface area contributed by atoms with Crippen molar-refractivity contribution >= 4 is 29.1 Å². The predicted molar refractivity (Wildman–Crippen MR) is 95.6 cm³/mol. The second-order valence-electron chi connectivity index (χ2n) is 5.33. The van der Waals surface area contributed by atoms with E-state index in [-0.39, 0.29) is 11.1 Å². The zero-order valence-electron chi connectivity index (χ0n) is 12.9. The summed E-state index contributed by atoms with van der Waals surface area (Å²) < 4.78 is 1.81. The Morgan fingerprint density at radius 3 is 2.72 bits per heavy atom. The third-order valence-corrected chi connectivity index (χ3v) is 3.83. The maximum atomic E-state index is 12.3. The fourth-order valence-electron chi connectivity index (χ4n) is 2.42. The van der Waals surface area contributed by atoms with E-state index < -0.39 is 0 Å². The molecule has 0 atom stereocenters. The van der Waals surface area contributed by atoms with Crippen molar-refractivity contribution in [2.45, 2.75) is 0 Å². The van der Waals surface area contributed by atoms with Gasteiger partial charge in [-0.2, -0.15) is 4.98 Å². The molecule has 3 aromatic heterocycles. The molecule has 0 aliphatic heterocycles. The summed E-state index contributed by atoms with van der Waals surface area (Å²) in [4.78, 5) is 25.0. The summed E-state index contributed by atoms with van der Waals surface area (Å²) in [6.07, 6.45) is 5.18. The van der Waals surface area contributed by atoms with Crippen molar-refractivity contribution in [2.24, 2.45) is 0 Å². The summed E-state index contributed by atoms with van der Waals surface area (Å²) in [6.45, 7) is 0. The highest BCUT2D eigenvalue weighted by atomic mass is 35.5. The van der Waals surface area contributed by atoms with Crippen molar-refractivity contribution in [3.05, 3.63) is 77.8 Å². The lowest BCUT2D eigenvalue weighted by Crippen LogP contribution is -2.13. The van der Waals surface area contributed by atoms with Crippen LogP contribution in [0.25, 0.3) is 17.0 Å². The van der Waals surface area contributed by atoms with Crippen LogP contribution in [0.15, 0.2) is 67.1 Å². The van der Waals surface area contributed by atoms with Gasteiger partial charge in [-0.3, -0.25) is 9.20 Å². The van der Waals surface area contributed by atoms with E-state index in [0.29, 0.717) is 17.2 Å². The first kappa shape index (κ1) is 15.3. The van der Waals surface area contributed by atoms with Crippen LogP contribution in [0.1, 0.15) is 10.4 Å². The van der Waals surface area contributed by atoms with Gasteiger partial charge in [-0.25, -0.2) is 9.97 Å². The van der Waals surface area contributed by atoms with Gasteiger partial charge in [0.2, 0.25) is 5.78 Å². The van der Waals surface area contributed by atoms with Gasteiger partial charge in [0.25, 0.3) is 5.91 Å². The molecule has 4 aromatic rings. The SMILES string of the molecule is O=C(Nc1ccn2cc(-c3ccccc3)nc2n1)c1ccnc(Cl)c1. The van der Waals surface area contributed by atoms with E-state index in [2.05, 4.69) is 20.3 Å². The summed E-state index contributed by atoms with van der Waals surface area (Å²) in [5.41, 5.74) is 2.23. The van der Waals surface area contributed by atoms with Crippen LogP contribution in [0.5, 0.6) is 0 Å². The van der Waals surface area contributed by atoms with Crippen LogP contribution in [0, 0.1) is 0 Å². The molecule has 1 amide bonds. The van der Waals surface area contributed by atoms with Gasteiger partial charge in [0, 0.05) is 29.7 Å². The molecule has 1 aromatic carbocycles. The standard InChI is InChI=1S/C18H12ClN5O/c19-15-10-13(6-8-20-15)17(25)22-16-7-9-24-11-14(21-18(24)23-16)12-4-2-1-3-5-12/h1-11H,(H,21,22,23,25). The average molecular weight is 350 g/mol. The van der Waals surface area contributed by atoms with E-state index in [9.17, 15) is 4.79 Å². The van der Waals surface area contributed by atoms with Gasteiger partial charge in [0.05, 0.1) is 5.69 Å². The highest BCUT2D eigenvalue weighted by Gasteiger charge is 2.10. The second-order valence-corrected chi connectivity index (χ2v) is 5.72. The number of carbonyl (C=O) groups excluding carboxylic acids is 1. The smallest absolute Gasteiger partial charge is 0.256 e. The molecule has 0 unspecified atom stereocenters. The molecule has 1 N–H and O–H groups in total. The zero-order valence-corrected chi connectivity index (χ0v) is 13.7. The fraction of sp³-hybridized carbons (Fsp3) is 0. The number of amides is 1. The molecule has 0 saturated heterocycles. The summed E-state index contributed by atoms with van der Waals surface area (Å²) in [7, 11) is 0. The Hall–Kier alpha value is -3.25. The Morgan fingerprint density at radius 2 is 1.92 bits per heavy atom. The number of carbonyl (C=O) groups is 1. The molecule has 0 spiro atoms. The minimum Gasteiger partial charge on any atom is -0.306 e. The van der Waals surface area contributed by atoms with Crippen molar-refractivity contribution in [3.63, 3.8) is 0 Å². The number of imidazole rings is 1. The van der Waals surface area contributed by atoms with Gasteiger partial charge in [0.1, 0.15) is 11.0 Å². The van der Waals surface area contributed by atoms with E-state index in [4.69, 9.17) is 11.6 Å². The minimum absolute atomic E-state index is 0.261. The highest BCUT2D eigenvalue weighted by molar-refractivity contribution is 6.29. The Labute approximate surface area is 148 Å². The number of nitrogens with one attached hydrogen (secondary N) is 1. The lowest BCUT2D eigenvalue weighted by atomic mass is 10.2. The normalized spacial score (nSPS) is 10.8. The molecule has 0 fully saturated rings. The van der Waals surface area contributed by atoms with Crippen LogP contribution in [0.4, 0.5) is 5.82 Å². The number of benzene rings is 1. The minimum atomic E-state index is -0.309. The summed E-state index contributed by atoms with van der Waals surface area (Å²) >= 11 is 5.81.